The van der Waals surface area contributed by atoms with Crippen LogP contribution < -0.4 is 0 Å². The summed E-state index contributed by atoms with van der Waals surface area (Å²) < 4.78 is 0. The van der Waals surface area contributed by atoms with Gasteiger partial charge in [0.05, 0.1) is 5.52 Å². The number of hydrogen-bond donors (Lipinski definition) is 0. The predicted octanol–water partition coefficient (Wildman–Crippen LogP) is 3.10. The number of rotatable bonds is 3. The molecule has 1 amide bonds. The van der Waals surface area contributed by atoms with Crippen molar-refractivity contribution in [3.63, 3.8) is 0 Å². The van der Waals surface area contributed by atoms with Gasteiger partial charge < -0.3 is 4.90 Å². The molecule has 0 unspecified atom stereocenters. The van der Waals surface area contributed by atoms with E-state index in [1.54, 1.807) is 0 Å². The molecule has 0 N–H and O–H groups in total. The summed E-state index contributed by atoms with van der Waals surface area (Å²) in [5.41, 5.74) is 3.27. The lowest BCUT2D eigenvalue weighted by molar-refractivity contribution is -0.130. The average Bonchev–Trinajstić information content (AvgIpc) is 2.99. The van der Waals surface area contributed by atoms with Crippen LogP contribution in [0.3, 0.4) is 0 Å². The van der Waals surface area contributed by atoms with E-state index in [-0.39, 0.29) is 5.91 Å². The van der Waals surface area contributed by atoms with Gasteiger partial charge in [0, 0.05) is 30.6 Å². The molecule has 0 radical (unpaired) electrons. The molecule has 0 saturated carbocycles. The summed E-state index contributed by atoms with van der Waals surface area (Å²) in [7, 11) is 0. The normalized spacial score (nSPS) is 14.9. The van der Waals surface area contributed by atoms with Crippen LogP contribution in [0.2, 0.25) is 0 Å². The number of carbonyl (C=O) groups is 1. The van der Waals surface area contributed by atoms with Crippen LogP contribution in [0.4, 0.5) is 0 Å². The monoisotopic (exact) mass is 268 g/mol. The lowest BCUT2D eigenvalue weighted by atomic mass is 10.1. The second kappa shape index (κ2) is 5.61. The molecular formula is C17H20N2O. The topological polar surface area (TPSA) is 33.2 Å². The Balaban J connectivity index is 1.68. The predicted molar refractivity (Wildman–Crippen MR) is 80.6 cm³/mol. The lowest BCUT2D eigenvalue weighted by Crippen LogP contribution is -2.27. The molecule has 1 aliphatic heterocycles. The summed E-state index contributed by atoms with van der Waals surface area (Å²) in [5, 5.41) is 1.17. The van der Waals surface area contributed by atoms with E-state index >= 15 is 0 Å². The van der Waals surface area contributed by atoms with E-state index in [9.17, 15) is 4.79 Å². The third-order valence-electron chi connectivity index (χ3n) is 3.96. The third-order valence-corrected chi connectivity index (χ3v) is 3.96. The largest absolute Gasteiger partial charge is 0.343 e. The van der Waals surface area contributed by atoms with Crippen LogP contribution in [0.25, 0.3) is 10.9 Å². The van der Waals surface area contributed by atoms with Crippen LogP contribution in [0, 0.1) is 6.92 Å². The fourth-order valence-electron chi connectivity index (χ4n) is 2.79. The zero-order valence-corrected chi connectivity index (χ0v) is 11.9. The van der Waals surface area contributed by atoms with Crippen molar-refractivity contribution in [2.24, 2.45) is 0 Å². The van der Waals surface area contributed by atoms with Crippen molar-refractivity contribution < 1.29 is 4.79 Å². The van der Waals surface area contributed by atoms with E-state index in [4.69, 9.17) is 0 Å². The number of likely N-dealkylation sites (tertiary alicyclic amines) is 1. The van der Waals surface area contributed by atoms with Crippen molar-refractivity contribution in [2.75, 3.05) is 13.1 Å². The summed E-state index contributed by atoms with van der Waals surface area (Å²) in [5.74, 6) is 0.272. The summed E-state index contributed by atoms with van der Waals surface area (Å²) in [6.45, 7) is 3.95. The Kier molecular flexibility index (Phi) is 3.68. The van der Waals surface area contributed by atoms with Crippen LogP contribution in [0.15, 0.2) is 30.3 Å². The first-order valence-electron chi connectivity index (χ1n) is 7.36. The van der Waals surface area contributed by atoms with E-state index in [0.29, 0.717) is 6.42 Å². The minimum Gasteiger partial charge on any atom is -0.343 e. The van der Waals surface area contributed by atoms with E-state index in [2.05, 4.69) is 36.2 Å². The van der Waals surface area contributed by atoms with Crippen LogP contribution in [0.1, 0.15) is 30.5 Å². The molecule has 20 heavy (non-hydrogen) atoms. The number of amides is 1. The summed E-state index contributed by atoms with van der Waals surface area (Å²) in [6, 6.07) is 10.4. The zero-order chi connectivity index (χ0) is 13.9. The number of carbonyl (C=O) groups excluding carboxylic acids is 1. The molecule has 0 aliphatic carbocycles. The standard InChI is InChI=1S/C17H20N2O/c1-13-4-8-16-14(12-13)5-6-15(18-16)7-9-17(20)19-10-2-3-11-19/h4-6,8,12H,2-3,7,9-11H2,1H3. The molecule has 1 aliphatic rings. The van der Waals surface area contributed by atoms with E-state index in [1.807, 2.05) is 11.0 Å². The van der Waals surface area contributed by atoms with Gasteiger partial charge in [0.1, 0.15) is 0 Å². The maximum absolute atomic E-state index is 12.0. The van der Waals surface area contributed by atoms with Crippen LogP contribution in [-0.4, -0.2) is 28.9 Å². The number of aryl methyl sites for hydroxylation is 2. The SMILES string of the molecule is Cc1ccc2nc(CCC(=O)N3CCCC3)ccc2c1. The maximum Gasteiger partial charge on any atom is 0.222 e. The van der Waals surface area contributed by atoms with Crippen molar-refractivity contribution in [1.29, 1.82) is 0 Å². The fraction of sp³-hybridized carbons (Fsp3) is 0.412. The molecule has 3 nitrogen and oxygen atoms in total. The molecule has 3 rings (SSSR count). The Morgan fingerprint density at radius 1 is 1.20 bits per heavy atom. The molecule has 1 fully saturated rings. The van der Waals surface area contributed by atoms with Crippen molar-refractivity contribution in [3.05, 3.63) is 41.6 Å². The van der Waals surface area contributed by atoms with Gasteiger partial charge in [0.15, 0.2) is 0 Å². The van der Waals surface area contributed by atoms with Crippen molar-refractivity contribution in [1.82, 2.24) is 9.88 Å². The molecule has 104 valence electrons. The minimum atomic E-state index is 0.272. The second-order valence-electron chi connectivity index (χ2n) is 5.59. The van der Waals surface area contributed by atoms with Gasteiger partial charge in [0.2, 0.25) is 5.91 Å². The van der Waals surface area contributed by atoms with E-state index in [1.165, 1.54) is 10.9 Å². The number of nitrogens with zero attached hydrogens (tertiary/aromatic N) is 2. The molecule has 1 aromatic heterocycles. The first-order chi connectivity index (χ1) is 9.72. The zero-order valence-electron chi connectivity index (χ0n) is 11.9. The van der Waals surface area contributed by atoms with Gasteiger partial charge in [-0.3, -0.25) is 9.78 Å². The number of aromatic nitrogens is 1. The van der Waals surface area contributed by atoms with E-state index in [0.717, 1.165) is 43.6 Å². The third kappa shape index (κ3) is 2.82. The van der Waals surface area contributed by atoms with Gasteiger partial charge >= 0.3 is 0 Å². The number of pyridine rings is 1. The number of fused-ring (bicyclic) bond motifs is 1. The summed E-state index contributed by atoms with van der Waals surface area (Å²) in [6.07, 6.45) is 3.61. The molecule has 2 aromatic rings. The second-order valence-corrected chi connectivity index (χ2v) is 5.59. The Bertz CT molecular complexity index is 630. The Labute approximate surface area is 119 Å². The number of benzene rings is 1. The molecule has 1 saturated heterocycles. The van der Waals surface area contributed by atoms with Crippen LogP contribution in [-0.2, 0) is 11.2 Å². The summed E-state index contributed by atoms with van der Waals surface area (Å²) >= 11 is 0. The number of hydrogen-bond acceptors (Lipinski definition) is 2. The van der Waals surface area contributed by atoms with Gasteiger partial charge in [-0.05, 0) is 44.4 Å². The quantitative estimate of drug-likeness (QED) is 0.857. The highest BCUT2D eigenvalue weighted by molar-refractivity contribution is 5.80. The van der Waals surface area contributed by atoms with Crippen molar-refractivity contribution in [2.45, 2.75) is 32.6 Å². The van der Waals surface area contributed by atoms with Gasteiger partial charge in [-0.1, -0.05) is 17.7 Å². The van der Waals surface area contributed by atoms with Gasteiger partial charge in [0.25, 0.3) is 0 Å². The smallest absolute Gasteiger partial charge is 0.222 e. The molecular weight excluding hydrogens is 248 g/mol. The van der Waals surface area contributed by atoms with Crippen molar-refractivity contribution in [3.8, 4) is 0 Å². The molecule has 1 aromatic carbocycles. The van der Waals surface area contributed by atoms with Crippen LogP contribution >= 0.6 is 0 Å². The summed E-state index contributed by atoms with van der Waals surface area (Å²) in [4.78, 5) is 18.6. The maximum atomic E-state index is 12.0. The molecule has 2 heterocycles. The first kappa shape index (κ1) is 13.1. The highest BCUT2D eigenvalue weighted by Gasteiger charge is 2.17. The van der Waals surface area contributed by atoms with Gasteiger partial charge in [-0.2, -0.15) is 0 Å². The first-order valence-corrected chi connectivity index (χ1v) is 7.36. The van der Waals surface area contributed by atoms with Crippen LogP contribution in [0.5, 0.6) is 0 Å². The average molecular weight is 268 g/mol. The highest BCUT2D eigenvalue weighted by Crippen LogP contribution is 2.16. The molecule has 3 heteroatoms. The van der Waals surface area contributed by atoms with Crippen molar-refractivity contribution >= 4 is 16.8 Å². The Morgan fingerprint density at radius 3 is 2.80 bits per heavy atom. The molecule has 0 atom stereocenters. The minimum absolute atomic E-state index is 0.272. The van der Waals surface area contributed by atoms with Gasteiger partial charge in [-0.15, -0.1) is 0 Å². The Morgan fingerprint density at radius 2 is 2.00 bits per heavy atom. The molecule has 0 spiro atoms. The fourth-order valence-corrected chi connectivity index (χ4v) is 2.79. The molecule has 0 bridgehead atoms. The highest BCUT2D eigenvalue weighted by atomic mass is 16.2. The van der Waals surface area contributed by atoms with Gasteiger partial charge in [-0.25, -0.2) is 0 Å². The Hall–Kier alpha value is -1.90. The van der Waals surface area contributed by atoms with E-state index < -0.39 is 0 Å². The lowest BCUT2D eigenvalue weighted by Gasteiger charge is -2.14.